The fourth-order valence-electron chi connectivity index (χ4n) is 4.19. The van der Waals surface area contributed by atoms with E-state index in [1.807, 2.05) is 42.5 Å². The maximum Gasteiger partial charge on any atom is 0.224 e. The molecular weight excluding hydrogens is 549 g/mol. The summed E-state index contributed by atoms with van der Waals surface area (Å²) in [5.41, 5.74) is 2.12. The maximum absolute atomic E-state index is 13.8. The highest BCUT2D eigenvalue weighted by atomic mass is 127. The minimum absolute atomic E-state index is 0.0420. The van der Waals surface area contributed by atoms with E-state index in [1.165, 1.54) is 12.1 Å². The van der Waals surface area contributed by atoms with E-state index < -0.39 is 11.6 Å². The van der Waals surface area contributed by atoms with Crippen LogP contribution in [-0.4, -0.2) is 42.0 Å². The second-order valence-electron chi connectivity index (χ2n) is 8.41. The average molecular weight is 576 g/mol. The lowest BCUT2D eigenvalue weighted by Gasteiger charge is -2.32. The molecule has 0 bridgehead atoms. The molecule has 178 valence electrons. The normalized spacial score (nSPS) is 15.6. The number of carbonyl (C=O) groups excluding carboxylic acids is 1. The van der Waals surface area contributed by atoms with Crippen molar-refractivity contribution in [2.24, 2.45) is 5.92 Å². The molecule has 8 heteroatoms. The van der Waals surface area contributed by atoms with Crippen LogP contribution in [0.5, 0.6) is 0 Å². The minimum Gasteiger partial charge on any atom is -0.381 e. The van der Waals surface area contributed by atoms with Crippen molar-refractivity contribution in [3.8, 4) is 0 Å². The molecule has 0 spiro atoms. The quantitative estimate of drug-likeness (QED) is 0.371. The van der Waals surface area contributed by atoms with Gasteiger partial charge in [-0.1, -0.05) is 18.2 Å². The van der Waals surface area contributed by atoms with Gasteiger partial charge in [0.1, 0.15) is 11.6 Å². The molecule has 1 saturated heterocycles. The van der Waals surface area contributed by atoms with Crippen LogP contribution in [0.15, 0.2) is 66.9 Å². The Kier molecular flexibility index (Phi) is 8.44. The third-order valence-corrected chi connectivity index (χ3v) is 6.83. The first-order valence-corrected chi connectivity index (χ1v) is 12.5. The van der Waals surface area contributed by atoms with Crippen molar-refractivity contribution in [1.82, 2.24) is 15.2 Å². The largest absolute Gasteiger partial charge is 0.381 e. The second-order valence-corrected chi connectivity index (χ2v) is 9.66. The van der Waals surface area contributed by atoms with Crippen molar-refractivity contribution in [1.29, 1.82) is 0 Å². The van der Waals surface area contributed by atoms with Crippen LogP contribution < -0.4 is 10.6 Å². The van der Waals surface area contributed by atoms with Crippen molar-refractivity contribution in [2.75, 3.05) is 31.5 Å². The third-order valence-electron chi connectivity index (χ3n) is 6.11. The predicted octanol–water partition coefficient (Wildman–Crippen LogP) is 4.99. The zero-order valence-electron chi connectivity index (χ0n) is 18.7. The van der Waals surface area contributed by atoms with E-state index in [9.17, 15) is 13.6 Å². The SMILES string of the molecule is O=C(NC(c1ccc(I)cc1)c1ccccn1)C1CCN(CCNc2ccc(F)cc2F)CC1. The number of amides is 1. The molecule has 1 atom stereocenters. The van der Waals surface area contributed by atoms with Gasteiger partial charge >= 0.3 is 0 Å². The Hall–Kier alpha value is -2.59. The van der Waals surface area contributed by atoms with Gasteiger partial charge < -0.3 is 15.5 Å². The van der Waals surface area contributed by atoms with Crippen molar-refractivity contribution in [2.45, 2.75) is 18.9 Å². The lowest BCUT2D eigenvalue weighted by molar-refractivity contribution is -0.127. The molecule has 1 amide bonds. The Labute approximate surface area is 212 Å². The van der Waals surface area contributed by atoms with Crippen LogP contribution in [0.2, 0.25) is 0 Å². The highest BCUT2D eigenvalue weighted by molar-refractivity contribution is 14.1. The van der Waals surface area contributed by atoms with Crippen LogP contribution in [0.4, 0.5) is 14.5 Å². The number of pyridine rings is 1. The summed E-state index contributed by atoms with van der Waals surface area (Å²) in [6.45, 7) is 2.87. The fraction of sp³-hybridized carbons (Fsp3) is 0.308. The number of piperidine rings is 1. The molecule has 1 aromatic heterocycles. The zero-order chi connectivity index (χ0) is 23.9. The lowest BCUT2D eigenvalue weighted by atomic mass is 9.94. The van der Waals surface area contributed by atoms with Gasteiger partial charge in [-0.2, -0.15) is 0 Å². The Morgan fingerprint density at radius 3 is 2.53 bits per heavy atom. The van der Waals surface area contributed by atoms with Crippen LogP contribution in [0.25, 0.3) is 0 Å². The summed E-state index contributed by atoms with van der Waals surface area (Å²) in [7, 11) is 0. The smallest absolute Gasteiger partial charge is 0.224 e. The number of likely N-dealkylation sites (tertiary alicyclic amines) is 1. The van der Waals surface area contributed by atoms with Gasteiger partial charge in [-0.05, 0) is 90.5 Å². The monoisotopic (exact) mass is 576 g/mol. The van der Waals surface area contributed by atoms with Crippen molar-refractivity contribution < 1.29 is 13.6 Å². The number of halogens is 3. The van der Waals surface area contributed by atoms with Gasteiger partial charge in [-0.3, -0.25) is 9.78 Å². The van der Waals surface area contributed by atoms with Crippen molar-refractivity contribution >= 4 is 34.2 Å². The molecule has 2 aromatic carbocycles. The molecule has 0 aliphatic carbocycles. The number of hydrogen-bond acceptors (Lipinski definition) is 4. The number of anilines is 1. The zero-order valence-corrected chi connectivity index (χ0v) is 20.8. The maximum atomic E-state index is 13.8. The number of carbonyl (C=O) groups is 1. The van der Waals surface area contributed by atoms with E-state index in [1.54, 1.807) is 6.20 Å². The van der Waals surface area contributed by atoms with Gasteiger partial charge in [0.15, 0.2) is 0 Å². The molecule has 1 aliphatic heterocycles. The van der Waals surface area contributed by atoms with E-state index >= 15 is 0 Å². The summed E-state index contributed by atoms with van der Waals surface area (Å²) < 4.78 is 27.9. The fourth-order valence-corrected chi connectivity index (χ4v) is 4.55. The summed E-state index contributed by atoms with van der Waals surface area (Å²) in [5, 5.41) is 6.24. The summed E-state index contributed by atoms with van der Waals surface area (Å²) in [6, 6.07) is 17.1. The Bertz CT molecular complexity index is 1090. The van der Waals surface area contributed by atoms with Crippen LogP contribution in [0.3, 0.4) is 0 Å². The molecular formula is C26H27F2IN4O. The topological polar surface area (TPSA) is 57.3 Å². The van der Waals surface area contributed by atoms with Crippen molar-refractivity contribution in [3.63, 3.8) is 0 Å². The van der Waals surface area contributed by atoms with E-state index in [4.69, 9.17) is 0 Å². The molecule has 1 aliphatic rings. The molecule has 4 rings (SSSR count). The summed E-state index contributed by atoms with van der Waals surface area (Å²) >= 11 is 2.27. The van der Waals surface area contributed by atoms with Crippen LogP contribution in [-0.2, 0) is 4.79 Å². The molecule has 0 radical (unpaired) electrons. The molecule has 5 nitrogen and oxygen atoms in total. The van der Waals surface area contributed by atoms with E-state index in [-0.39, 0.29) is 17.9 Å². The highest BCUT2D eigenvalue weighted by Crippen LogP contribution is 2.24. The number of aromatic nitrogens is 1. The molecule has 1 fully saturated rings. The second kappa shape index (κ2) is 11.7. The summed E-state index contributed by atoms with van der Waals surface area (Å²) in [6.07, 6.45) is 3.27. The molecule has 34 heavy (non-hydrogen) atoms. The van der Waals surface area contributed by atoms with E-state index in [2.05, 4.69) is 43.1 Å². The summed E-state index contributed by atoms with van der Waals surface area (Å²) in [4.78, 5) is 19.9. The predicted molar refractivity (Wildman–Crippen MR) is 137 cm³/mol. The third kappa shape index (κ3) is 6.50. The van der Waals surface area contributed by atoms with Crippen molar-refractivity contribution in [3.05, 3.63) is 93.3 Å². The number of benzene rings is 2. The van der Waals surface area contributed by atoms with Gasteiger partial charge in [0.05, 0.1) is 17.4 Å². The number of hydrogen-bond donors (Lipinski definition) is 2. The van der Waals surface area contributed by atoms with Crippen LogP contribution in [0.1, 0.15) is 30.1 Å². The first-order valence-electron chi connectivity index (χ1n) is 11.4. The van der Waals surface area contributed by atoms with Gasteiger partial charge in [-0.25, -0.2) is 8.78 Å². The Morgan fingerprint density at radius 2 is 1.85 bits per heavy atom. The highest BCUT2D eigenvalue weighted by Gasteiger charge is 2.27. The van der Waals surface area contributed by atoms with Gasteiger partial charge in [0.2, 0.25) is 5.91 Å². The standard InChI is InChI=1S/C26H27F2IN4O/c27-20-6-9-23(22(28)17-20)31-13-16-33-14-10-19(11-15-33)26(34)32-25(24-3-1-2-12-30-24)18-4-7-21(29)8-5-18/h1-9,12,17,19,25,31H,10-11,13-16H2,(H,32,34). The van der Waals surface area contributed by atoms with Gasteiger partial charge in [-0.15, -0.1) is 0 Å². The van der Waals surface area contributed by atoms with E-state index in [0.717, 1.165) is 53.4 Å². The van der Waals surface area contributed by atoms with Crippen LogP contribution >= 0.6 is 22.6 Å². The molecule has 0 saturated carbocycles. The van der Waals surface area contributed by atoms with Gasteiger partial charge in [0, 0.05) is 34.8 Å². The number of nitrogens with zero attached hydrogens (tertiary/aromatic N) is 2. The molecule has 2 heterocycles. The van der Waals surface area contributed by atoms with E-state index in [0.29, 0.717) is 12.2 Å². The average Bonchev–Trinajstić information content (AvgIpc) is 2.85. The molecule has 1 unspecified atom stereocenters. The number of rotatable bonds is 8. The van der Waals surface area contributed by atoms with Crippen LogP contribution in [0, 0.1) is 21.1 Å². The Morgan fingerprint density at radius 1 is 1.09 bits per heavy atom. The number of nitrogens with one attached hydrogen (secondary N) is 2. The Balaban J connectivity index is 1.30. The molecule has 3 aromatic rings. The summed E-state index contributed by atoms with van der Waals surface area (Å²) in [5.74, 6) is -1.20. The van der Waals surface area contributed by atoms with Gasteiger partial charge in [0.25, 0.3) is 0 Å². The lowest BCUT2D eigenvalue weighted by Crippen LogP contribution is -2.43. The first-order chi connectivity index (χ1) is 16.5. The minimum atomic E-state index is -0.592. The first kappa shape index (κ1) is 24.5. The molecule has 2 N–H and O–H groups in total.